The Balaban J connectivity index is 1.33. The van der Waals surface area contributed by atoms with Crippen LogP contribution >= 0.6 is 0 Å². The molecule has 0 saturated carbocycles. The van der Waals surface area contributed by atoms with E-state index in [9.17, 15) is 18.0 Å². The molecule has 0 aromatic heterocycles. The average molecular weight is 493 g/mol. The summed E-state index contributed by atoms with van der Waals surface area (Å²) in [6.45, 7) is 4.68. The molecule has 0 radical (unpaired) electrons. The molecule has 0 bridgehead atoms. The molecule has 2 amide bonds. The van der Waals surface area contributed by atoms with Gasteiger partial charge in [0.1, 0.15) is 0 Å². The molecule has 35 heavy (non-hydrogen) atoms. The molecule has 182 valence electrons. The maximum Gasteiger partial charge on any atom is 0.255 e. The number of carbonyl (C=O) groups excluding carboxylic acids is 2. The highest BCUT2D eigenvalue weighted by molar-refractivity contribution is 7.89. The number of nitrogens with zero attached hydrogens (tertiary/aromatic N) is 2. The van der Waals surface area contributed by atoms with E-state index in [-0.39, 0.29) is 11.5 Å². The quantitative estimate of drug-likeness (QED) is 0.527. The zero-order valence-electron chi connectivity index (χ0n) is 19.5. The molecular formula is C26H28N4O4S. The number of rotatable bonds is 7. The van der Waals surface area contributed by atoms with E-state index in [1.54, 1.807) is 48.5 Å². The molecule has 1 fully saturated rings. The van der Waals surface area contributed by atoms with Gasteiger partial charge >= 0.3 is 0 Å². The van der Waals surface area contributed by atoms with E-state index in [4.69, 9.17) is 5.73 Å². The van der Waals surface area contributed by atoms with Gasteiger partial charge in [0.2, 0.25) is 10.0 Å². The number of anilines is 1. The molecule has 1 heterocycles. The molecule has 0 unspecified atom stereocenters. The third-order valence-corrected chi connectivity index (χ3v) is 7.97. The Kier molecular flexibility index (Phi) is 7.30. The standard InChI is InChI=1S/C26H28N4O4S/c1-19-6-12-22(13-7-19)35(33,34)30-16-14-29(15-17-30)18-20-8-10-21(11-9-20)26(32)28-24-5-3-2-4-23(24)25(27)31/h2-13H,14-18H2,1H3,(H2,27,31)(H,28,32). The van der Waals surface area contributed by atoms with Crippen LogP contribution in [0.2, 0.25) is 0 Å². The largest absolute Gasteiger partial charge is 0.366 e. The van der Waals surface area contributed by atoms with Gasteiger partial charge in [0.15, 0.2) is 0 Å². The fraction of sp³-hybridized carbons (Fsp3) is 0.231. The fourth-order valence-corrected chi connectivity index (χ4v) is 5.43. The van der Waals surface area contributed by atoms with Gasteiger partial charge in [0.05, 0.1) is 16.1 Å². The van der Waals surface area contributed by atoms with Crippen molar-refractivity contribution in [2.24, 2.45) is 5.73 Å². The Morgan fingerprint density at radius 1 is 0.886 bits per heavy atom. The van der Waals surface area contributed by atoms with E-state index >= 15 is 0 Å². The van der Waals surface area contributed by atoms with E-state index in [2.05, 4.69) is 10.2 Å². The van der Waals surface area contributed by atoms with E-state index in [1.807, 2.05) is 31.2 Å². The van der Waals surface area contributed by atoms with Gasteiger partial charge in [0.25, 0.3) is 11.8 Å². The molecule has 1 aliphatic heterocycles. The number of nitrogens with two attached hydrogens (primary N) is 1. The summed E-state index contributed by atoms with van der Waals surface area (Å²) < 4.78 is 27.3. The molecule has 3 aromatic rings. The highest BCUT2D eigenvalue weighted by atomic mass is 32.2. The zero-order valence-corrected chi connectivity index (χ0v) is 20.3. The lowest BCUT2D eigenvalue weighted by molar-refractivity contribution is 0.100. The van der Waals surface area contributed by atoms with Crippen LogP contribution in [0.5, 0.6) is 0 Å². The number of nitrogens with one attached hydrogen (secondary N) is 1. The Labute approximate surface area is 205 Å². The number of hydrogen-bond acceptors (Lipinski definition) is 5. The normalized spacial score (nSPS) is 15.0. The molecule has 4 rings (SSSR count). The number of carbonyl (C=O) groups is 2. The third-order valence-electron chi connectivity index (χ3n) is 6.05. The molecule has 0 aliphatic carbocycles. The lowest BCUT2D eigenvalue weighted by atomic mass is 10.1. The van der Waals surface area contributed by atoms with Crippen molar-refractivity contribution in [2.75, 3.05) is 31.5 Å². The molecule has 3 N–H and O–H groups in total. The van der Waals surface area contributed by atoms with E-state index < -0.39 is 15.9 Å². The van der Waals surface area contributed by atoms with Gasteiger partial charge < -0.3 is 11.1 Å². The number of amides is 2. The van der Waals surface area contributed by atoms with E-state index in [0.29, 0.717) is 48.9 Å². The highest BCUT2D eigenvalue weighted by Crippen LogP contribution is 2.20. The van der Waals surface area contributed by atoms with Gasteiger partial charge in [0, 0.05) is 38.3 Å². The number of para-hydroxylation sites is 1. The number of sulfonamides is 1. The van der Waals surface area contributed by atoms with Crippen molar-refractivity contribution < 1.29 is 18.0 Å². The van der Waals surface area contributed by atoms with Gasteiger partial charge in [-0.25, -0.2) is 8.42 Å². The topological polar surface area (TPSA) is 113 Å². The maximum absolute atomic E-state index is 12.9. The maximum atomic E-state index is 12.9. The van der Waals surface area contributed by atoms with Crippen molar-refractivity contribution in [3.8, 4) is 0 Å². The van der Waals surface area contributed by atoms with E-state index in [1.165, 1.54) is 4.31 Å². The minimum atomic E-state index is -3.49. The number of piperazine rings is 1. The summed E-state index contributed by atoms with van der Waals surface area (Å²) in [4.78, 5) is 26.7. The molecule has 1 saturated heterocycles. The van der Waals surface area contributed by atoms with Crippen LogP contribution in [-0.2, 0) is 16.6 Å². The number of primary amides is 1. The van der Waals surface area contributed by atoms with Crippen LogP contribution < -0.4 is 11.1 Å². The van der Waals surface area contributed by atoms with Crippen molar-refractivity contribution in [1.82, 2.24) is 9.21 Å². The SMILES string of the molecule is Cc1ccc(S(=O)(=O)N2CCN(Cc3ccc(C(=O)Nc4ccccc4C(N)=O)cc3)CC2)cc1. The lowest BCUT2D eigenvalue weighted by Crippen LogP contribution is -2.48. The minimum absolute atomic E-state index is 0.251. The molecule has 9 heteroatoms. The second-order valence-corrected chi connectivity index (χ2v) is 10.5. The molecule has 3 aromatic carbocycles. The van der Waals surface area contributed by atoms with Crippen molar-refractivity contribution in [2.45, 2.75) is 18.4 Å². The van der Waals surface area contributed by atoms with Gasteiger partial charge in [-0.05, 0) is 48.9 Å². The van der Waals surface area contributed by atoms with Crippen molar-refractivity contribution >= 4 is 27.5 Å². The fourth-order valence-electron chi connectivity index (χ4n) is 4.01. The Morgan fingerprint density at radius 3 is 2.14 bits per heavy atom. The summed E-state index contributed by atoms with van der Waals surface area (Å²) in [6, 6.07) is 20.7. The summed E-state index contributed by atoms with van der Waals surface area (Å²) in [5.74, 6) is -0.941. The van der Waals surface area contributed by atoms with Crippen molar-refractivity contribution in [3.05, 3.63) is 95.1 Å². The van der Waals surface area contributed by atoms with Crippen LogP contribution in [0.25, 0.3) is 0 Å². The molecule has 0 atom stereocenters. The summed E-state index contributed by atoms with van der Waals surface area (Å²) >= 11 is 0. The van der Waals surface area contributed by atoms with Gasteiger partial charge in [-0.3, -0.25) is 14.5 Å². The van der Waals surface area contributed by atoms with Crippen molar-refractivity contribution in [1.29, 1.82) is 0 Å². The first kappa shape index (κ1) is 24.6. The second kappa shape index (κ2) is 10.4. The molecule has 1 aliphatic rings. The Morgan fingerprint density at radius 2 is 1.51 bits per heavy atom. The summed E-state index contributed by atoms with van der Waals surface area (Å²) in [7, 11) is -3.49. The van der Waals surface area contributed by atoms with Crippen LogP contribution in [0.3, 0.4) is 0 Å². The predicted octanol–water partition coefficient (Wildman–Crippen LogP) is 2.85. The first-order valence-electron chi connectivity index (χ1n) is 11.3. The zero-order chi connectivity index (χ0) is 25.0. The third kappa shape index (κ3) is 5.76. The lowest BCUT2D eigenvalue weighted by Gasteiger charge is -2.34. The van der Waals surface area contributed by atoms with Crippen LogP contribution in [0.15, 0.2) is 77.7 Å². The first-order chi connectivity index (χ1) is 16.7. The van der Waals surface area contributed by atoms with Crippen LogP contribution in [0, 0.1) is 6.92 Å². The number of hydrogen-bond donors (Lipinski definition) is 2. The molecular weight excluding hydrogens is 464 g/mol. The average Bonchev–Trinajstić information content (AvgIpc) is 2.85. The summed E-state index contributed by atoms with van der Waals surface area (Å²) in [6.07, 6.45) is 0. The van der Waals surface area contributed by atoms with Crippen molar-refractivity contribution in [3.63, 3.8) is 0 Å². The molecule has 0 spiro atoms. The van der Waals surface area contributed by atoms with Crippen LogP contribution in [-0.4, -0.2) is 55.6 Å². The second-order valence-electron chi connectivity index (χ2n) is 8.55. The molecule has 8 nitrogen and oxygen atoms in total. The summed E-state index contributed by atoms with van der Waals surface area (Å²) in [5.41, 5.74) is 8.50. The number of benzene rings is 3. The van der Waals surface area contributed by atoms with Gasteiger partial charge in [-0.15, -0.1) is 0 Å². The smallest absolute Gasteiger partial charge is 0.255 e. The first-order valence-corrected chi connectivity index (χ1v) is 12.8. The van der Waals surface area contributed by atoms with Crippen LogP contribution in [0.4, 0.5) is 5.69 Å². The Hall–Kier alpha value is -3.53. The van der Waals surface area contributed by atoms with Gasteiger partial charge in [-0.1, -0.05) is 42.0 Å². The minimum Gasteiger partial charge on any atom is -0.366 e. The highest BCUT2D eigenvalue weighted by Gasteiger charge is 2.28. The summed E-state index contributed by atoms with van der Waals surface area (Å²) in [5, 5.41) is 2.73. The van der Waals surface area contributed by atoms with E-state index in [0.717, 1.165) is 11.1 Å². The Bertz CT molecular complexity index is 1310. The van der Waals surface area contributed by atoms with Crippen LogP contribution in [0.1, 0.15) is 31.8 Å². The monoisotopic (exact) mass is 492 g/mol. The number of aryl methyl sites for hydroxylation is 1. The predicted molar refractivity (Wildman–Crippen MR) is 135 cm³/mol. The van der Waals surface area contributed by atoms with Gasteiger partial charge in [-0.2, -0.15) is 4.31 Å².